The Morgan fingerprint density at radius 2 is 2.00 bits per heavy atom. The van der Waals surface area contributed by atoms with Gasteiger partial charge >= 0.3 is 12.0 Å². The topological polar surface area (TPSA) is 111 Å². The van der Waals surface area contributed by atoms with Gasteiger partial charge in [0.2, 0.25) is 0 Å². The molecule has 0 bridgehead atoms. The summed E-state index contributed by atoms with van der Waals surface area (Å²) in [5.74, 6) is -0.963. The van der Waals surface area contributed by atoms with Gasteiger partial charge in [-0.3, -0.25) is 9.59 Å². The second-order valence-corrected chi connectivity index (χ2v) is 6.11. The second kappa shape index (κ2) is 8.01. The number of nitrogens with two attached hydrogens (primary N) is 1. The van der Waals surface area contributed by atoms with E-state index in [2.05, 4.69) is 10.6 Å². The zero-order chi connectivity index (χ0) is 17.7. The maximum Gasteiger partial charge on any atom is 0.312 e. The molecule has 3 amide bonds. The molecule has 4 N–H and O–H groups in total. The molecule has 2 rings (SSSR count). The van der Waals surface area contributed by atoms with E-state index in [0.717, 1.165) is 12.8 Å². The summed E-state index contributed by atoms with van der Waals surface area (Å²) in [6.45, 7) is 1.50. The minimum atomic E-state index is -0.904. The third-order valence-corrected chi connectivity index (χ3v) is 3.91. The van der Waals surface area contributed by atoms with E-state index in [1.165, 1.54) is 6.92 Å². The standard InChI is InChI=1S/C16H20ClN3O4/c1-9(15(22)19-10-6-7-10)24-14(21)8-13(20-16(18)23)11-4-2-3-5-12(11)17/h2-5,9-10,13H,6-8H2,1H3,(H,19,22)(H3,18,20,23)/t9-,13+/m0/s1. The zero-order valence-electron chi connectivity index (χ0n) is 13.3. The van der Waals surface area contributed by atoms with Gasteiger partial charge in [0.05, 0.1) is 12.5 Å². The summed E-state index contributed by atoms with van der Waals surface area (Å²) in [5, 5.41) is 5.62. The molecule has 0 heterocycles. The van der Waals surface area contributed by atoms with E-state index in [-0.39, 0.29) is 18.4 Å². The molecule has 1 aliphatic carbocycles. The fourth-order valence-corrected chi connectivity index (χ4v) is 2.45. The molecule has 0 radical (unpaired) electrons. The van der Waals surface area contributed by atoms with Crippen molar-refractivity contribution in [3.63, 3.8) is 0 Å². The van der Waals surface area contributed by atoms with Gasteiger partial charge in [0.25, 0.3) is 5.91 Å². The number of halogens is 1. The molecule has 0 aromatic heterocycles. The van der Waals surface area contributed by atoms with Gasteiger partial charge in [-0.2, -0.15) is 0 Å². The lowest BCUT2D eigenvalue weighted by atomic mass is 10.0. The fourth-order valence-electron chi connectivity index (χ4n) is 2.18. The predicted octanol–water partition coefficient (Wildman–Crippen LogP) is 1.65. The van der Waals surface area contributed by atoms with E-state index in [9.17, 15) is 14.4 Å². The van der Waals surface area contributed by atoms with Crippen LogP contribution < -0.4 is 16.4 Å². The minimum absolute atomic E-state index is 0.186. The van der Waals surface area contributed by atoms with Gasteiger partial charge in [0.15, 0.2) is 6.10 Å². The second-order valence-electron chi connectivity index (χ2n) is 5.70. The summed E-state index contributed by atoms with van der Waals surface area (Å²) in [7, 11) is 0. The van der Waals surface area contributed by atoms with Crippen molar-refractivity contribution in [3.05, 3.63) is 34.9 Å². The molecule has 0 spiro atoms. The number of amides is 3. The first kappa shape index (κ1) is 18.1. The lowest BCUT2D eigenvalue weighted by Crippen LogP contribution is -2.38. The number of urea groups is 1. The number of carbonyl (C=O) groups excluding carboxylic acids is 3. The predicted molar refractivity (Wildman–Crippen MR) is 88.2 cm³/mol. The maximum absolute atomic E-state index is 12.1. The SMILES string of the molecule is C[C@H](OC(=O)C[C@@H](NC(N)=O)c1ccccc1Cl)C(=O)NC1CC1. The van der Waals surface area contributed by atoms with Crippen LogP contribution in [0, 0.1) is 0 Å². The number of hydrogen-bond donors (Lipinski definition) is 3. The lowest BCUT2D eigenvalue weighted by Gasteiger charge is -2.20. The van der Waals surface area contributed by atoms with Gasteiger partial charge in [-0.05, 0) is 31.4 Å². The van der Waals surface area contributed by atoms with E-state index in [4.69, 9.17) is 22.1 Å². The van der Waals surface area contributed by atoms with Gasteiger partial charge in [-0.1, -0.05) is 29.8 Å². The number of rotatable bonds is 7. The van der Waals surface area contributed by atoms with Crippen molar-refractivity contribution < 1.29 is 19.1 Å². The van der Waals surface area contributed by atoms with Gasteiger partial charge in [-0.15, -0.1) is 0 Å². The molecule has 1 saturated carbocycles. The number of primary amides is 1. The molecule has 1 aromatic carbocycles. The van der Waals surface area contributed by atoms with Gasteiger partial charge in [0, 0.05) is 11.1 Å². The number of benzene rings is 1. The highest BCUT2D eigenvalue weighted by Gasteiger charge is 2.28. The third kappa shape index (κ3) is 5.42. The van der Waals surface area contributed by atoms with E-state index < -0.39 is 24.1 Å². The Morgan fingerprint density at radius 1 is 1.33 bits per heavy atom. The van der Waals surface area contributed by atoms with E-state index in [1.807, 2.05) is 0 Å². The molecule has 1 aliphatic rings. The van der Waals surface area contributed by atoms with Crippen LogP contribution in [0.1, 0.15) is 37.8 Å². The third-order valence-electron chi connectivity index (χ3n) is 3.57. The van der Waals surface area contributed by atoms with Crippen molar-refractivity contribution in [1.29, 1.82) is 0 Å². The Hall–Kier alpha value is -2.28. The smallest absolute Gasteiger partial charge is 0.312 e. The molecule has 0 unspecified atom stereocenters. The Kier molecular flexibility index (Phi) is 6.03. The summed E-state index contributed by atoms with van der Waals surface area (Å²) in [6, 6.07) is 5.45. The normalized spacial score (nSPS) is 15.9. The van der Waals surface area contributed by atoms with E-state index >= 15 is 0 Å². The van der Waals surface area contributed by atoms with Crippen LogP contribution >= 0.6 is 11.6 Å². The molecule has 24 heavy (non-hydrogen) atoms. The maximum atomic E-state index is 12.1. The highest BCUT2D eigenvalue weighted by atomic mass is 35.5. The Morgan fingerprint density at radius 3 is 2.58 bits per heavy atom. The van der Waals surface area contributed by atoms with Gasteiger partial charge in [-0.25, -0.2) is 4.79 Å². The average Bonchev–Trinajstić information content (AvgIpc) is 3.30. The lowest BCUT2D eigenvalue weighted by molar-refractivity contribution is -0.155. The number of hydrogen-bond acceptors (Lipinski definition) is 4. The van der Waals surface area contributed by atoms with E-state index in [0.29, 0.717) is 10.6 Å². The van der Waals surface area contributed by atoms with Crippen molar-refractivity contribution in [2.45, 2.75) is 44.4 Å². The van der Waals surface area contributed by atoms with Crippen molar-refractivity contribution in [2.24, 2.45) is 5.73 Å². The van der Waals surface area contributed by atoms with Crippen molar-refractivity contribution >= 4 is 29.5 Å². The first-order valence-electron chi connectivity index (χ1n) is 7.67. The monoisotopic (exact) mass is 353 g/mol. The van der Waals surface area contributed by atoms with Crippen LogP contribution in [0.4, 0.5) is 4.79 Å². The van der Waals surface area contributed by atoms with Crippen molar-refractivity contribution in [1.82, 2.24) is 10.6 Å². The van der Waals surface area contributed by atoms with Crippen LogP contribution in [0.2, 0.25) is 5.02 Å². The van der Waals surface area contributed by atoms with Crippen LogP contribution in [0.3, 0.4) is 0 Å². The molecule has 0 saturated heterocycles. The molecular weight excluding hydrogens is 334 g/mol. The molecule has 8 heteroatoms. The number of ether oxygens (including phenoxy) is 1. The molecule has 1 aromatic rings. The Balaban J connectivity index is 1.97. The van der Waals surface area contributed by atoms with Crippen LogP contribution in [-0.4, -0.2) is 30.1 Å². The number of nitrogens with one attached hydrogen (secondary N) is 2. The first-order valence-corrected chi connectivity index (χ1v) is 8.05. The summed E-state index contributed by atoms with van der Waals surface area (Å²) < 4.78 is 5.13. The van der Waals surface area contributed by atoms with Crippen molar-refractivity contribution in [3.8, 4) is 0 Å². The molecular formula is C16H20ClN3O4. The minimum Gasteiger partial charge on any atom is -0.452 e. The summed E-state index contributed by atoms with van der Waals surface area (Å²) in [6.07, 6.45) is 0.805. The first-order chi connectivity index (χ1) is 11.4. The highest BCUT2D eigenvalue weighted by molar-refractivity contribution is 6.31. The number of esters is 1. The molecule has 2 atom stereocenters. The summed E-state index contributed by atoms with van der Waals surface area (Å²) >= 11 is 6.10. The van der Waals surface area contributed by atoms with Crippen LogP contribution in [0.15, 0.2) is 24.3 Å². The zero-order valence-corrected chi connectivity index (χ0v) is 14.0. The molecule has 1 fully saturated rings. The average molecular weight is 354 g/mol. The fraction of sp³-hybridized carbons (Fsp3) is 0.438. The van der Waals surface area contributed by atoms with Gasteiger partial charge < -0.3 is 21.1 Å². The Labute approximate surface area is 144 Å². The van der Waals surface area contributed by atoms with Crippen LogP contribution in [0.25, 0.3) is 0 Å². The molecule has 7 nitrogen and oxygen atoms in total. The van der Waals surface area contributed by atoms with Crippen LogP contribution in [-0.2, 0) is 14.3 Å². The van der Waals surface area contributed by atoms with Crippen LogP contribution in [0.5, 0.6) is 0 Å². The number of carbonyl (C=O) groups is 3. The summed E-state index contributed by atoms with van der Waals surface area (Å²) in [5.41, 5.74) is 5.70. The summed E-state index contributed by atoms with van der Waals surface area (Å²) in [4.78, 5) is 35.1. The highest BCUT2D eigenvalue weighted by Crippen LogP contribution is 2.25. The van der Waals surface area contributed by atoms with E-state index in [1.54, 1.807) is 24.3 Å². The van der Waals surface area contributed by atoms with Gasteiger partial charge in [0.1, 0.15) is 0 Å². The largest absolute Gasteiger partial charge is 0.452 e. The van der Waals surface area contributed by atoms with Crippen molar-refractivity contribution in [2.75, 3.05) is 0 Å². The molecule has 130 valence electrons. The Bertz CT molecular complexity index is 634. The quantitative estimate of drug-likeness (QED) is 0.647. The molecule has 0 aliphatic heterocycles.